The number of carbonyl (C=O) groups is 1. The Labute approximate surface area is 179 Å². The third-order valence-corrected chi connectivity index (χ3v) is 5.57. The van der Waals surface area contributed by atoms with Crippen LogP contribution in [0.1, 0.15) is 13.8 Å². The molecule has 1 aliphatic heterocycles. The minimum Gasteiger partial charge on any atom is -0.495 e. The van der Waals surface area contributed by atoms with E-state index in [0.29, 0.717) is 35.6 Å². The van der Waals surface area contributed by atoms with Gasteiger partial charge in [0.15, 0.2) is 5.16 Å². The Hall–Kier alpha value is -1.97. The van der Waals surface area contributed by atoms with Gasteiger partial charge in [0.1, 0.15) is 5.75 Å². The van der Waals surface area contributed by atoms with Gasteiger partial charge in [-0.3, -0.25) is 9.36 Å². The Bertz CT molecular complexity index is 839. The zero-order valence-electron chi connectivity index (χ0n) is 16.9. The average molecular weight is 440 g/mol. The van der Waals surface area contributed by atoms with Gasteiger partial charge in [-0.05, 0) is 24.1 Å². The van der Waals surface area contributed by atoms with Crippen LogP contribution in [0.4, 0.5) is 11.6 Å². The highest BCUT2D eigenvalue weighted by atomic mass is 35.5. The number of nitrogens with zero attached hydrogens (tertiary/aromatic N) is 4. The molecule has 0 bridgehead atoms. The molecule has 1 N–H and O–H groups in total. The summed E-state index contributed by atoms with van der Waals surface area (Å²) < 4.78 is 12.7. The quantitative estimate of drug-likeness (QED) is 0.632. The van der Waals surface area contributed by atoms with Crippen molar-refractivity contribution in [3.8, 4) is 5.75 Å². The number of amides is 1. The highest BCUT2D eigenvalue weighted by Crippen LogP contribution is 2.28. The summed E-state index contributed by atoms with van der Waals surface area (Å²) >= 11 is 7.49. The maximum absolute atomic E-state index is 12.4. The number of hydrogen-bond acceptors (Lipinski definition) is 7. The molecule has 10 heteroatoms. The molecule has 1 fully saturated rings. The fourth-order valence-electron chi connectivity index (χ4n) is 2.98. The van der Waals surface area contributed by atoms with Crippen LogP contribution in [-0.2, 0) is 16.1 Å². The van der Waals surface area contributed by atoms with Crippen LogP contribution in [0.5, 0.6) is 5.75 Å². The van der Waals surface area contributed by atoms with Gasteiger partial charge in [0.05, 0.1) is 31.1 Å². The zero-order valence-corrected chi connectivity index (χ0v) is 18.4. The van der Waals surface area contributed by atoms with Crippen molar-refractivity contribution in [2.45, 2.75) is 25.5 Å². The average Bonchev–Trinajstić information content (AvgIpc) is 3.09. The van der Waals surface area contributed by atoms with E-state index in [1.165, 1.54) is 11.8 Å². The van der Waals surface area contributed by atoms with E-state index in [1.54, 1.807) is 25.3 Å². The molecule has 8 nitrogen and oxygen atoms in total. The standard InChI is InChI=1S/C19H26ClN5O3S/c1-13(2)11-25-18(24-6-8-28-9-7-24)22-23-19(25)29-12-17(26)21-14-4-5-16(27-3)15(20)10-14/h4-5,10,13H,6-9,11-12H2,1-3H3,(H,21,26). The van der Waals surface area contributed by atoms with E-state index in [2.05, 4.69) is 38.8 Å². The van der Waals surface area contributed by atoms with Crippen LogP contribution in [0.15, 0.2) is 23.4 Å². The van der Waals surface area contributed by atoms with E-state index in [0.717, 1.165) is 30.7 Å². The number of halogens is 1. The smallest absolute Gasteiger partial charge is 0.234 e. The van der Waals surface area contributed by atoms with Gasteiger partial charge in [0.25, 0.3) is 0 Å². The number of benzene rings is 1. The lowest BCUT2D eigenvalue weighted by atomic mass is 10.2. The van der Waals surface area contributed by atoms with Gasteiger partial charge in [-0.2, -0.15) is 0 Å². The van der Waals surface area contributed by atoms with Crippen LogP contribution in [0.3, 0.4) is 0 Å². The zero-order chi connectivity index (χ0) is 20.8. The number of carbonyl (C=O) groups excluding carboxylic acids is 1. The molecule has 2 heterocycles. The molecule has 158 valence electrons. The number of aromatic nitrogens is 3. The molecule has 1 aliphatic rings. The fraction of sp³-hybridized carbons (Fsp3) is 0.526. The fourth-order valence-corrected chi connectivity index (χ4v) is 3.98. The molecule has 2 aromatic rings. The molecule has 29 heavy (non-hydrogen) atoms. The second kappa shape index (κ2) is 10.2. The summed E-state index contributed by atoms with van der Waals surface area (Å²) in [5.74, 6) is 1.93. The van der Waals surface area contributed by atoms with Gasteiger partial charge in [-0.15, -0.1) is 10.2 Å². The minimum atomic E-state index is -0.136. The van der Waals surface area contributed by atoms with Gasteiger partial charge in [-0.1, -0.05) is 37.2 Å². The Kier molecular flexibility index (Phi) is 7.63. The molecule has 0 saturated carbocycles. The maximum atomic E-state index is 12.4. The molecular weight excluding hydrogens is 414 g/mol. The van der Waals surface area contributed by atoms with Crippen LogP contribution in [0, 0.1) is 5.92 Å². The molecular formula is C19H26ClN5O3S. The van der Waals surface area contributed by atoms with E-state index >= 15 is 0 Å². The van der Waals surface area contributed by atoms with Gasteiger partial charge in [0, 0.05) is 25.3 Å². The summed E-state index contributed by atoms with van der Waals surface area (Å²) in [6.45, 7) is 8.04. The molecule has 0 atom stereocenters. The monoisotopic (exact) mass is 439 g/mol. The Balaban J connectivity index is 1.65. The van der Waals surface area contributed by atoms with Crippen LogP contribution < -0.4 is 15.0 Å². The predicted octanol–water partition coefficient (Wildman–Crippen LogP) is 3.16. The van der Waals surface area contributed by atoms with Crippen molar-refractivity contribution in [2.75, 3.05) is 49.4 Å². The van der Waals surface area contributed by atoms with E-state index in [9.17, 15) is 4.79 Å². The Morgan fingerprint density at radius 3 is 2.76 bits per heavy atom. The number of nitrogens with one attached hydrogen (secondary N) is 1. The SMILES string of the molecule is COc1ccc(NC(=O)CSc2nnc(N3CCOCC3)n2CC(C)C)cc1Cl. The molecule has 0 aliphatic carbocycles. The Morgan fingerprint density at radius 2 is 2.10 bits per heavy atom. The number of thioether (sulfide) groups is 1. The van der Waals surface area contributed by atoms with Crippen LogP contribution in [-0.4, -0.2) is 59.8 Å². The first-order valence-corrected chi connectivity index (χ1v) is 10.9. The molecule has 1 aromatic heterocycles. The van der Waals surface area contributed by atoms with Crippen LogP contribution in [0.25, 0.3) is 0 Å². The number of rotatable bonds is 8. The van der Waals surface area contributed by atoms with E-state index in [1.807, 2.05) is 0 Å². The maximum Gasteiger partial charge on any atom is 0.234 e. The van der Waals surface area contributed by atoms with Crippen molar-refractivity contribution in [1.82, 2.24) is 14.8 Å². The topological polar surface area (TPSA) is 81.5 Å². The number of hydrogen-bond donors (Lipinski definition) is 1. The van der Waals surface area contributed by atoms with Crippen molar-refractivity contribution >= 4 is 40.9 Å². The summed E-state index contributed by atoms with van der Waals surface area (Å²) in [6.07, 6.45) is 0. The molecule has 0 radical (unpaired) electrons. The van der Waals surface area contributed by atoms with Gasteiger partial charge >= 0.3 is 0 Å². The summed E-state index contributed by atoms with van der Waals surface area (Å²) in [5, 5.41) is 12.8. The molecule has 0 unspecified atom stereocenters. The molecule has 0 spiro atoms. The first kappa shape index (κ1) is 21.7. The predicted molar refractivity (Wildman–Crippen MR) is 115 cm³/mol. The van der Waals surface area contributed by atoms with Gasteiger partial charge in [0.2, 0.25) is 11.9 Å². The van der Waals surface area contributed by atoms with Crippen molar-refractivity contribution in [3.63, 3.8) is 0 Å². The second-order valence-electron chi connectivity index (χ2n) is 7.07. The molecule has 1 aromatic carbocycles. The lowest BCUT2D eigenvalue weighted by molar-refractivity contribution is -0.113. The summed E-state index contributed by atoms with van der Waals surface area (Å²) in [6, 6.07) is 5.14. The second-order valence-corrected chi connectivity index (χ2v) is 8.42. The normalized spacial score (nSPS) is 14.3. The van der Waals surface area contributed by atoms with Gasteiger partial charge < -0.3 is 19.7 Å². The van der Waals surface area contributed by atoms with Gasteiger partial charge in [-0.25, -0.2) is 0 Å². The van der Waals surface area contributed by atoms with Crippen molar-refractivity contribution in [1.29, 1.82) is 0 Å². The highest BCUT2D eigenvalue weighted by molar-refractivity contribution is 7.99. The van der Waals surface area contributed by atoms with Crippen LogP contribution in [0.2, 0.25) is 5.02 Å². The number of methoxy groups -OCH3 is 1. The summed E-state index contributed by atoms with van der Waals surface area (Å²) in [7, 11) is 1.55. The third kappa shape index (κ3) is 5.77. The molecule has 1 saturated heterocycles. The van der Waals surface area contributed by atoms with Crippen molar-refractivity contribution in [3.05, 3.63) is 23.2 Å². The van der Waals surface area contributed by atoms with E-state index < -0.39 is 0 Å². The van der Waals surface area contributed by atoms with E-state index in [-0.39, 0.29) is 11.7 Å². The Morgan fingerprint density at radius 1 is 1.34 bits per heavy atom. The number of morpholine rings is 1. The highest BCUT2D eigenvalue weighted by Gasteiger charge is 2.21. The lowest BCUT2D eigenvalue weighted by Crippen LogP contribution is -2.38. The minimum absolute atomic E-state index is 0.136. The summed E-state index contributed by atoms with van der Waals surface area (Å²) in [4.78, 5) is 14.6. The van der Waals surface area contributed by atoms with Crippen molar-refractivity contribution < 1.29 is 14.3 Å². The number of ether oxygens (including phenoxy) is 2. The summed E-state index contributed by atoms with van der Waals surface area (Å²) in [5.41, 5.74) is 0.624. The molecule has 1 amide bonds. The first-order valence-electron chi connectivity index (χ1n) is 9.50. The van der Waals surface area contributed by atoms with E-state index in [4.69, 9.17) is 21.1 Å². The molecule has 3 rings (SSSR count). The largest absolute Gasteiger partial charge is 0.495 e. The van der Waals surface area contributed by atoms with Crippen LogP contribution >= 0.6 is 23.4 Å². The van der Waals surface area contributed by atoms with Crippen molar-refractivity contribution in [2.24, 2.45) is 5.92 Å². The number of anilines is 2. The first-order chi connectivity index (χ1) is 14.0. The third-order valence-electron chi connectivity index (χ3n) is 4.31. The lowest BCUT2D eigenvalue weighted by Gasteiger charge is -2.28.